The van der Waals surface area contributed by atoms with Gasteiger partial charge in [0.2, 0.25) is 0 Å². The molecule has 118 valence electrons. The van der Waals surface area contributed by atoms with Gasteiger partial charge in [0, 0.05) is 0 Å². The lowest BCUT2D eigenvalue weighted by atomic mass is 10.2. The van der Waals surface area contributed by atoms with Gasteiger partial charge in [0.05, 0.1) is 17.7 Å². The van der Waals surface area contributed by atoms with Crippen LogP contribution >= 0.6 is 0 Å². The third-order valence-electron chi connectivity index (χ3n) is 3.08. The summed E-state index contributed by atoms with van der Waals surface area (Å²) in [5.41, 5.74) is 0.711. The minimum Gasteiger partial charge on any atom is -0.497 e. The van der Waals surface area contributed by atoms with Crippen molar-refractivity contribution in [2.24, 2.45) is 0 Å². The van der Waals surface area contributed by atoms with E-state index in [1.165, 1.54) is 43.5 Å². The van der Waals surface area contributed by atoms with Crippen molar-refractivity contribution in [1.82, 2.24) is 0 Å². The molecule has 0 aliphatic heterocycles. The fraction of sp³-hybridized carbons (Fsp3) is 0.200. The molecule has 0 radical (unpaired) electrons. The number of anilines is 1. The van der Waals surface area contributed by atoms with Gasteiger partial charge in [-0.1, -0.05) is 17.7 Å². The average Bonchev–Trinajstić information content (AvgIpc) is 2.48. The normalized spacial score (nSPS) is 11.5. The van der Waals surface area contributed by atoms with Gasteiger partial charge < -0.3 is 4.74 Å². The molecule has 0 unspecified atom stereocenters. The highest BCUT2D eigenvalue weighted by Crippen LogP contribution is 2.29. The zero-order valence-corrected chi connectivity index (χ0v) is 12.8. The van der Waals surface area contributed by atoms with E-state index in [4.69, 9.17) is 4.74 Å². The summed E-state index contributed by atoms with van der Waals surface area (Å²) in [7, 11) is -2.91. The van der Waals surface area contributed by atoms with Gasteiger partial charge >= 0.3 is 6.55 Å². The van der Waals surface area contributed by atoms with E-state index < -0.39 is 16.6 Å². The monoisotopic (exact) mass is 327 g/mol. The number of nitrogens with zero attached hydrogens (tertiary/aromatic N) is 1. The lowest BCUT2D eigenvalue weighted by Crippen LogP contribution is -2.35. The van der Waals surface area contributed by atoms with Crippen LogP contribution in [-0.2, 0) is 10.0 Å². The number of methoxy groups -OCH3 is 1. The van der Waals surface area contributed by atoms with E-state index in [1.807, 2.05) is 0 Å². The number of halogens is 2. The zero-order valence-electron chi connectivity index (χ0n) is 12.0. The van der Waals surface area contributed by atoms with Gasteiger partial charge in [0.15, 0.2) is 0 Å². The number of ether oxygens (including phenoxy) is 1. The Balaban J connectivity index is 2.48. The Morgan fingerprint density at radius 3 is 2.00 bits per heavy atom. The summed E-state index contributed by atoms with van der Waals surface area (Å²) in [4.78, 5) is -0.186. The van der Waals surface area contributed by atoms with Crippen molar-refractivity contribution in [2.75, 3.05) is 11.4 Å². The molecule has 0 bridgehead atoms. The third kappa shape index (κ3) is 3.19. The molecule has 0 saturated heterocycles. The van der Waals surface area contributed by atoms with Crippen molar-refractivity contribution in [3.05, 3.63) is 54.1 Å². The first-order valence-electron chi connectivity index (χ1n) is 6.39. The van der Waals surface area contributed by atoms with E-state index in [0.29, 0.717) is 5.75 Å². The van der Waals surface area contributed by atoms with Crippen molar-refractivity contribution in [3.8, 4) is 5.75 Å². The van der Waals surface area contributed by atoms with E-state index in [2.05, 4.69) is 0 Å². The van der Waals surface area contributed by atoms with Crippen molar-refractivity contribution in [1.29, 1.82) is 0 Å². The lowest BCUT2D eigenvalue weighted by Gasteiger charge is -2.23. The molecule has 0 atom stereocenters. The van der Waals surface area contributed by atoms with Crippen LogP contribution in [0.1, 0.15) is 5.56 Å². The summed E-state index contributed by atoms with van der Waals surface area (Å²) >= 11 is 0. The van der Waals surface area contributed by atoms with Gasteiger partial charge in [-0.15, -0.1) is 0 Å². The van der Waals surface area contributed by atoms with E-state index in [1.54, 1.807) is 19.1 Å². The van der Waals surface area contributed by atoms with Gasteiger partial charge in [0.1, 0.15) is 5.75 Å². The first kappa shape index (κ1) is 16.2. The van der Waals surface area contributed by atoms with Crippen LogP contribution in [0.2, 0.25) is 0 Å². The highest BCUT2D eigenvalue weighted by atomic mass is 32.2. The summed E-state index contributed by atoms with van der Waals surface area (Å²) in [6.07, 6.45) is 0. The average molecular weight is 327 g/mol. The molecule has 0 fully saturated rings. The Kier molecular flexibility index (Phi) is 4.65. The summed E-state index contributed by atoms with van der Waals surface area (Å²) < 4.78 is 56.6. The molecule has 22 heavy (non-hydrogen) atoms. The molecule has 7 heteroatoms. The minimum absolute atomic E-state index is 0.0944. The first-order valence-corrected chi connectivity index (χ1v) is 7.83. The van der Waals surface area contributed by atoms with Crippen LogP contribution in [0.3, 0.4) is 0 Å². The predicted octanol–water partition coefficient (Wildman–Crippen LogP) is 3.42. The molecule has 2 aromatic carbocycles. The zero-order chi connectivity index (χ0) is 16.3. The van der Waals surface area contributed by atoms with Crippen LogP contribution in [0.5, 0.6) is 5.75 Å². The number of sulfonamides is 1. The predicted molar refractivity (Wildman–Crippen MR) is 79.8 cm³/mol. The lowest BCUT2D eigenvalue weighted by molar-refractivity contribution is 0.162. The first-order chi connectivity index (χ1) is 10.4. The molecule has 0 aromatic heterocycles. The summed E-state index contributed by atoms with van der Waals surface area (Å²) in [5.74, 6) is 0.450. The van der Waals surface area contributed by atoms with Gasteiger partial charge in [0.25, 0.3) is 10.0 Å². The molecular weight excluding hydrogens is 312 g/mol. The van der Waals surface area contributed by atoms with Gasteiger partial charge in [-0.05, 0) is 43.3 Å². The van der Waals surface area contributed by atoms with Crippen LogP contribution in [0.15, 0.2) is 53.4 Å². The summed E-state index contributed by atoms with van der Waals surface area (Å²) in [6.45, 7) is -1.41. The van der Waals surface area contributed by atoms with E-state index in [9.17, 15) is 17.2 Å². The molecule has 0 aliphatic carbocycles. The quantitative estimate of drug-likeness (QED) is 0.791. The van der Waals surface area contributed by atoms with Crippen molar-refractivity contribution < 1.29 is 21.9 Å². The molecule has 0 aliphatic rings. The highest BCUT2D eigenvalue weighted by molar-refractivity contribution is 7.92. The molecular formula is C15H15F2NO3S. The van der Waals surface area contributed by atoms with Crippen LogP contribution in [0.25, 0.3) is 0 Å². The maximum atomic E-state index is 13.3. The molecule has 0 amide bonds. The Bertz CT molecular complexity index is 728. The summed E-state index contributed by atoms with van der Waals surface area (Å²) in [5, 5.41) is 0. The molecule has 0 N–H and O–H groups in total. The second-order valence-electron chi connectivity index (χ2n) is 4.59. The number of aryl methyl sites for hydroxylation is 1. The Labute approximate surface area is 128 Å². The van der Waals surface area contributed by atoms with Crippen LogP contribution in [0, 0.1) is 6.92 Å². The number of rotatable bonds is 5. The SMILES string of the molecule is COc1ccc(N(C(F)F)S(=O)(=O)c2ccc(C)cc2)cc1. The minimum atomic E-state index is -4.35. The maximum Gasteiger partial charge on any atom is 0.328 e. The van der Waals surface area contributed by atoms with Crippen molar-refractivity contribution >= 4 is 15.7 Å². The van der Waals surface area contributed by atoms with E-state index in [0.717, 1.165) is 5.56 Å². The second kappa shape index (κ2) is 6.31. The third-order valence-corrected chi connectivity index (χ3v) is 4.84. The summed E-state index contributed by atoms with van der Waals surface area (Å²) in [6, 6.07) is 11.1. The highest BCUT2D eigenvalue weighted by Gasteiger charge is 2.31. The molecule has 4 nitrogen and oxygen atoms in total. The van der Waals surface area contributed by atoms with Gasteiger partial charge in [-0.3, -0.25) is 0 Å². The van der Waals surface area contributed by atoms with Gasteiger partial charge in [-0.2, -0.15) is 8.78 Å². The largest absolute Gasteiger partial charge is 0.497 e. The van der Waals surface area contributed by atoms with E-state index >= 15 is 0 Å². The smallest absolute Gasteiger partial charge is 0.328 e. The fourth-order valence-electron chi connectivity index (χ4n) is 1.91. The van der Waals surface area contributed by atoms with Crippen molar-refractivity contribution in [3.63, 3.8) is 0 Å². The number of hydrogen-bond donors (Lipinski definition) is 0. The van der Waals surface area contributed by atoms with Gasteiger partial charge in [-0.25, -0.2) is 12.7 Å². The second-order valence-corrected chi connectivity index (χ2v) is 6.40. The molecule has 2 rings (SSSR count). The number of alkyl halides is 2. The molecule has 0 heterocycles. The molecule has 0 spiro atoms. The van der Waals surface area contributed by atoms with Crippen LogP contribution in [-0.4, -0.2) is 22.1 Å². The number of benzene rings is 2. The van der Waals surface area contributed by atoms with Crippen LogP contribution in [0.4, 0.5) is 14.5 Å². The van der Waals surface area contributed by atoms with Crippen molar-refractivity contribution in [2.45, 2.75) is 18.4 Å². The van der Waals surface area contributed by atoms with E-state index in [-0.39, 0.29) is 14.9 Å². The molecule has 2 aromatic rings. The van der Waals surface area contributed by atoms with Crippen LogP contribution < -0.4 is 9.04 Å². The fourth-order valence-corrected chi connectivity index (χ4v) is 3.23. The standard InChI is InChI=1S/C15H15F2NO3S/c1-11-3-9-14(10-4-11)22(19,20)18(15(16)17)12-5-7-13(21-2)8-6-12/h3-10,15H,1-2H3. The Hall–Kier alpha value is -2.15. The molecule has 0 saturated carbocycles. The topological polar surface area (TPSA) is 46.6 Å². The number of hydrogen-bond acceptors (Lipinski definition) is 3. The Morgan fingerprint density at radius 2 is 1.55 bits per heavy atom. The maximum absolute atomic E-state index is 13.3. The Morgan fingerprint density at radius 1 is 1.00 bits per heavy atom.